The van der Waals surface area contributed by atoms with Crippen molar-refractivity contribution in [2.24, 2.45) is 5.92 Å². The average Bonchev–Trinajstić information content (AvgIpc) is 2.75. The Morgan fingerprint density at radius 1 is 0.485 bits per heavy atom. The van der Waals surface area contributed by atoms with Crippen molar-refractivity contribution in [2.75, 3.05) is 6.61 Å². The minimum Gasteiger partial charge on any atom is -0.481 e. The van der Waals surface area contributed by atoms with Crippen molar-refractivity contribution in [2.45, 2.75) is 155 Å². The maximum Gasteiger partial charge on any atom is 0.303 e. The normalized spacial score (nSPS) is 10.8. The fraction of sp³-hybridized carbons (Fsp3) is 0.929. The van der Waals surface area contributed by atoms with Gasteiger partial charge in [0.25, 0.3) is 0 Å². The predicted octanol–water partition coefficient (Wildman–Crippen LogP) is 8.37. The summed E-state index contributed by atoms with van der Waals surface area (Å²) in [7, 11) is 0. The van der Waals surface area contributed by atoms with Crippen LogP contribution < -0.4 is 0 Å². The number of aliphatic hydroxyl groups is 1. The molecule has 0 heterocycles. The standard InChI is InChI=1S/C18H38O.C10H18O4/c1-18(2)16-14-12-10-8-6-4-3-5-7-9-11-13-15-17-19;11-9(12)7-5-3-1-2-4-6-8-10(13)14/h18-19H,3-17H2,1-2H3;1-8H2,(H,11,12)(H,13,14). The molecule has 0 atom stereocenters. The second kappa shape index (κ2) is 28.9. The number of unbranched alkanes of at least 4 members (excludes halogenated alkanes) is 17. The zero-order chi connectivity index (χ0) is 25.0. The monoisotopic (exact) mass is 472 g/mol. The second-order valence-corrected chi connectivity index (χ2v) is 9.91. The molecule has 0 aromatic rings. The van der Waals surface area contributed by atoms with E-state index in [1.54, 1.807) is 0 Å². The summed E-state index contributed by atoms with van der Waals surface area (Å²) in [5.74, 6) is -0.593. The Morgan fingerprint density at radius 3 is 1.03 bits per heavy atom. The van der Waals surface area contributed by atoms with Crippen molar-refractivity contribution in [3.63, 3.8) is 0 Å². The highest BCUT2D eigenvalue weighted by Crippen LogP contribution is 2.14. The number of aliphatic hydroxyl groups excluding tert-OH is 1. The van der Waals surface area contributed by atoms with E-state index in [0.29, 0.717) is 6.61 Å². The van der Waals surface area contributed by atoms with Crippen molar-refractivity contribution in [1.29, 1.82) is 0 Å². The first-order valence-corrected chi connectivity index (χ1v) is 13.9. The maximum absolute atomic E-state index is 10.1. The van der Waals surface area contributed by atoms with E-state index in [1.165, 1.54) is 83.5 Å². The van der Waals surface area contributed by atoms with Gasteiger partial charge in [0.1, 0.15) is 0 Å². The lowest BCUT2D eigenvalue weighted by Crippen LogP contribution is -1.94. The molecule has 0 fully saturated rings. The molecular weight excluding hydrogens is 416 g/mol. The van der Waals surface area contributed by atoms with Crippen molar-refractivity contribution in [1.82, 2.24) is 0 Å². The Morgan fingerprint density at radius 2 is 0.758 bits per heavy atom. The molecule has 198 valence electrons. The lowest BCUT2D eigenvalue weighted by molar-refractivity contribution is -0.138. The SMILES string of the molecule is CC(C)CCCCCCCCCCCCCCCO.O=C(O)CCCCCCCCC(=O)O. The van der Waals surface area contributed by atoms with E-state index >= 15 is 0 Å². The molecule has 5 heteroatoms. The third-order valence-electron chi connectivity index (χ3n) is 5.97. The van der Waals surface area contributed by atoms with Gasteiger partial charge in [0.2, 0.25) is 0 Å². The molecule has 0 aliphatic rings. The number of rotatable bonds is 24. The number of hydrogen-bond acceptors (Lipinski definition) is 3. The van der Waals surface area contributed by atoms with Crippen LogP contribution in [-0.2, 0) is 9.59 Å². The van der Waals surface area contributed by atoms with E-state index in [9.17, 15) is 9.59 Å². The molecule has 0 saturated heterocycles. The Hall–Kier alpha value is -1.10. The minimum absolute atomic E-state index is 0.245. The van der Waals surface area contributed by atoms with E-state index in [4.69, 9.17) is 15.3 Å². The highest BCUT2D eigenvalue weighted by Gasteiger charge is 1.98. The van der Waals surface area contributed by atoms with E-state index < -0.39 is 11.9 Å². The van der Waals surface area contributed by atoms with E-state index in [2.05, 4.69) is 13.8 Å². The minimum atomic E-state index is -0.740. The fourth-order valence-corrected chi connectivity index (χ4v) is 3.87. The van der Waals surface area contributed by atoms with Crippen LogP contribution in [0.1, 0.15) is 155 Å². The van der Waals surface area contributed by atoms with Crippen LogP contribution in [0.2, 0.25) is 0 Å². The molecule has 3 N–H and O–H groups in total. The number of hydrogen-bond donors (Lipinski definition) is 3. The van der Waals surface area contributed by atoms with Gasteiger partial charge in [-0.1, -0.05) is 123 Å². The predicted molar refractivity (Wildman–Crippen MR) is 139 cm³/mol. The van der Waals surface area contributed by atoms with Gasteiger partial charge in [0.05, 0.1) is 0 Å². The van der Waals surface area contributed by atoms with Gasteiger partial charge in [-0.2, -0.15) is 0 Å². The Balaban J connectivity index is 0. The first kappa shape index (κ1) is 34.1. The molecule has 0 bridgehead atoms. The molecule has 33 heavy (non-hydrogen) atoms. The van der Waals surface area contributed by atoms with Crippen molar-refractivity contribution in [3.8, 4) is 0 Å². The summed E-state index contributed by atoms with van der Waals surface area (Å²) in [4.78, 5) is 20.3. The van der Waals surface area contributed by atoms with Crippen molar-refractivity contribution >= 4 is 11.9 Å². The van der Waals surface area contributed by atoms with Gasteiger partial charge in [-0.3, -0.25) is 9.59 Å². The van der Waals surface area contributed by atoms with Gasteiger partial charge in [0, 0.05) is 19.4 Å². The molecule has 0 spiro atoms. The number of aliphatic carboxylic acids is 2. The summed E-state index contributed by atoms with van der Waals surface area (Å²) in [6.07, 6.45) is 25.1. The molecule has 0 radical (unpaired) electrons. The van der Waals surface area contributed by atoms with E-state index in [0.717, 1.165) is 50.9 Å². The van der Waals surface area contributed by atoms with Gasteiger partial charge in [-0.05, 0) is 25.2 Å². The van der Waals surface area contributed by atoms with Crippen LogP contribution in [-0.4, -0.2) is 33.9 Å². The molecule has 5 nitrogen and oxygen atoms in total. The summed E-state index contributed by atoms with van der Waals surface area (Å²) >= 11 is 0. The highest BCUT2D eigenvalue weighted by atomic mass is 16.4. The van der Waals surface area contributed by atoms with Crippen LogP contribution in [0.5, 0.6) is 0 Å². The lowest BCUT2D eigenvalue weighted by Gasteiger charge is -2.04. The molecule has 0 aliphatic carbocycles. The van der Waals surface area contributed by atoms with Gasteiger partial charge < -0.3 is 15.3 Å². The Kier molecular flexibility index (Phi) is 29.9. The molecule has 0 unspecified atom stereocenters. The van der Waals surface area contributed by atoms with Gasteiger partial charge in [0.15, 0.2) is 0 Å². The van der Waals surface area contributed by atoms with Crippen LogP contribution >= 0.6 is 0 Å². The quantitative estimate of drug-likeness (QED) is 0.123. The highest BCUT2D eigenvalue weighted by molar-refractivity contribution is 5.66. The zero-order valence-electron chi connectivity index (χ0n) is 22.0. The Labute approximate surface area is 204 Å². The summed E-state index contributed by atoms with van der Waals surface area (Å²) in [5.41, 5.74) is 0. The number of carbonyl (C=O) groups is 2. The molecule has 0 aromatic carbocycles. The van der Waals surface area contributed by atoms with Crippen molar-refractivity contribution < 1.29 is 24.9 Å². The van der Waals surface area contributed by atoms with Crippen molar-refractivity contribution in [3.05, 3.63) is 0 Å². The first-order valence-electron chi connectivity index (χ1n) is 13.9. The lowest BCUT2D eigenvalue weighted by atomic mass is 10.0. The summed E-state index contributed by atoms with van der Waals surface area (Å²) in [6, 6.07) is 0. The summed E-state index contributed by atoms with van der Waals surface area (Å²) in [5, 5.41) is 25.4. The fourth-order valence-electron chi connectivity index (χ4n) is 3.87. The van der Waals surface area contributed by atoms with Crippen LogP contribution in [0.15, 0.2) is 0 Å². The third kappa shape index (κ3) is 38.5. The van der Waals surface area contributed by atoms with Crippen LogP contribution in [0.3, 0.4) is 0 Å². The maximum atomic E-state index is 10.1. The van der Waals surface area contributed by atoms with Crippen LogP contribution in [0.25, 0.3) is 0 Å². The molecule has 0 aliphatic heterocycles. The zero-order valence-corrected chi connectivity index (χ0v) is 22.0. The topological polar surface area (TPSA) is 94.8 Å². The largest absolute Gasteiger partial charge is 0.481 e. The first-order chi connectivity index (χ1) is 15.9. The molecule has 0 saturated carbocycles. The second-order valence-electron chi connectivity index (χ2n) is 9.91. The van der Waals surface area contributed by atoms with E-state index in [-0.39, 0.29) is 12.8 Å². The van der Waals surface area contributed by atoms with Crippen LogP contribution in [0.4, 0.5) is 0 Å². The van der Waals surface area contributed by atoms with Gasteiger partial charge in [-0.25, -0.2) is 0 Å². The van der Waals surface area contributed by atoms with E-state index in [1.807, 2.05) is 0 Å². The summed E-state index contributed by atoms with van der Waals surface area (Å²) in [6.45, 7) is 5.02. The average molecular weight is 473 g/mol. The smallest absolute Gasteiger partial charge is 0.303 e. The molecule has 0 rings (SSSR count). The van der Waals surface area contributed by atoms with Crippen LogP contribution in [0, 0.1) is 5.92 Å². The molecular formula is C28H56O5. The molecule has 0 aromatic heterocycles. The Bertz CT molecular complexity index is 389. The summed E-state index contributed by atoms with van der Waals surface area (Å²) < 4.78 is 0. The number of carboxylic acid groups (broad SMARTS) is 2. The van der Waals surface area contributed by atoms with Gasteiger partial charge >= 0.3 is 11.9 Å². The third-order valence-corrected chi connectivity index (χ3v) is 5.97. The van der Waals surface area contributed by atoms with Gasteiger partial charge in [-0.15, -0.1) is 0 Å². The number of carboxylic acids is 2. The molecule has 0 amide bonds.